The third-order valence-electron chi connectivity index (χ3n) is 13.1. The Hall–Kier alpha value is -1.40. The van der Waals surface area contributed by atoms with Gasteiger partial charge >= 0.3 is 5.97 Å². The molecule has 0 aliphatic heterocycles. The number of ether oxygens (including phenoxy) is 1. The quantitative estimate of drug-likeness (QED) is 0.0321. The van der Waals surface area contributed by atoms with Gasteiger partial charge in [0, 0.05) is 12.8 Å². The molecule has 0 aromatic heterocycles. The Bertz CT molecular complexity index is 924. The van der Waals surface area contributed by atoms with Crippen LogP contribution in [-0.4, -0.2) is 47.4 Å². The van der Waals surface area contributed by atoms with E-state index >= 15 is 0 Å². The van der Waals surface area contributed by atoms with Gasteiger partial charge in [-0.15, -0.1) is 0 Å². The summed E-state index contributed by atoms with van der Waals surface area (Å²) >= 11 is 0. The van der Waals surface area contributed by atoms with Crippen LogP contribution in [0.25, 0.3) is 0 Å². The van der Waals surface area contributed by atoms with Crippen molar-refractivity contribution in [3.8, 4) is 0 Å². The number of aliphatic hydroxyl groups is 2. The highest BCUT2D eigenvalue weighted by Crippen LogP contribution is 2.17. The molecule has 1 amide bonds. The lowest BCUT2D eigenvalue weighted by atomic mass is 10.0. The maximum atomic E-state index is 12.5. The summed E-state index contributed by atoms with van der Waals surface area (Å²) < 4.78 is 5.45. The summed E-state index contributed by atoms with van der Waals surface area (Å²) in [5.74, 6) is -0.116. The number of aliphatic hydroxyl groups excluding tert-OH is 2. The summed E-state index contributed by atoms with van der Waals surface area (Å²) in [4.78, 5) is 24.5. The number of hydrogen-bond acceptors (Lipinski definition) is 5. The van der Waals surface area contributed by atoms with Crippen molar-refractivity contribution < 1.29 is 24.5 Å². The number of amides is 1. The summed E-state index contributed by atoms with van der Waals surface area (Å²) in [6.07, 6.45) is 60.8. The van der Waals surface area contributed by atoms with Crippen LogP contribution in [0.1, 0.15) is 309 Å². The van der Waals surface area contributed by atoms with Crippen molar-refractivity contribution in [2.75, 3.05) is 13.2 Å². The predicted octanol–water partition coefficient (Wildman–Crippen LogP) is 16.9. The van der Waals surface area contributed by atoms with Gasteiger partial charge in [0.2, 0.25) is 5.91 Å². The van der Waals surface area contributed by atoms with Gasteiger partial charge in [-0.05, 0) is 32.1 Å². The van der Waals surface area contributed by atoms with Crippen molar-refractivity contribution in [2.45, 2.75) is 321 Å². The van der Waals surface area contributed by atoms with E-state index in [9.17, 15) is 19.8 Å². The van der Waals surface area contributed by atoms with Crippen LogP contribution in [-0.2, 0) is 14.3 Å². The van der Waals surface area contributed by atoms with Crippen molar-refractivity contribution in [1.29, 1.82) is 0 Å². The lowest BCUT2D eigenvalue weighted by Crippen LogP contribution is -2.45. The molecule has 0 saturated carbocycles. The van der Waals surface area contributed by atoms with Gasteiger partial charge in [-0.1, -0.05) is 276 Å². The molecule has 0 aliphatic rings. The Labute approximate surface area is 387 Å². The zero-order chi connectivity index (χ0) is 45.1. The summed E-state index contributed by atoms with van der Waals surface area (Å²) in [6, 6.07) is -0.647. The van der Waals surface area contributed by atoms with Crippen LogP contribution in [0.2, 0.25) is 0 Å². The number of allylic oxidation sites excluding steroid dienone is 1. The van der Waals surface area contributed by atoms with Gasteiger partial charge in [-0.2, -0.15) is 0 Å². The van der Waals surface area contributed by atoms with Gasteiger partial charge in [0.25, 0.3) is 0 Å². The fourth-order valence-electron chi connectivity index (χ4n) is 8.75. The van der Waals surface area contributed by atoms with Crippen LogP contribution in [0.4, 0.5) is 0 Å². The van der Waals surface area contributed by atoms with Crippen molar-refractivity contribution in [3.05, 3.63) is 12.2 Å². The fourth-order valence-corrected chi connectivity index (χ4v) is 8.75. The Morgan fingerprint density at radius 3 is 1.10 bits per heavy atom. The topological polar surface area (TPSA) is 95.9 Å². The highest BCUT2D eigenvalue weighted by atomic mass is 16.5. The SMILES string of the molecule is CCCCCCCCCCCCCCCCCCCCCC/C=C/C(O)C(CO)NC(=O)CCCCCCCCCCCOC(=O)CCCCCCCCCCCCCCCC. The Kier molecular flexibility index (Phi) is 51.0. The fraction of sp³-hybridized carbons (Fsp3) is 0.929. The standard InChI is InChI=1S/C56H109NO5/c1-3-5-7-9-11-13-15-17-19-20-21-22-23-24-25-26-27-29-32-36-40-44-48-54(59)53(52-58)57-55(60)49-45-41-37-33-31-35-39-43-47-51-62-56(61)50-46-42-38-34-30-28-18-16-14-12-10-8-6-4-2/h44,48,53-54,58-59H,3-43,45-47,49-52H2,1-2H3,(H,57,60)/b48-44+. The van der Waals surface area contributed by atoms with Crippen molar-refractivity contribution in [1.82, 2.24) is 5.32 Å². The van der Waals surface area contributed by atoms with Crippen LogP contribution in [0.15, 0.2) is 12.2 Å². The third kappa shape index (κ3) is 48.1. The summed E-state index contributed by atoms with van der Waals surface area (Å²) in [7, 11) is 0. The molecule has 0 saturated heterocycles. The van der Waals surface area contributed by atoms with Crippen LogP contribution in [0, 0.1) is 0 Å². The highest BCUT2D eigenvalue weighted by Gasteiger charge is 2.18. The minimum Gasteiger partial charge on any atom is -0.466 e. The average molecular weight is 876 g/mol. The van der Waals surface area contributed by atoms with E-state index in [2.05, 4.69) is 19.2 Å². The smallest absolute Gasteiger partial charge is 0.305 e. The van der Waals surface area contributed by atoms with Crippen LogP contribution < -0.4 is 5.32 Å². The van der Waals surface area contributed by atoms with Crippen LogP contribution in [0.5, 0.6) is 0 Å². The van der Waals surface area contributed by atoms with Gasteiger partial charge in [0.15, 0.2) is 0 Å². The first-order valence-corrected chi connectivity index (χ1v) is 28.0. The minimum atomic E-state index is -0.861. The molecule has 0 radical (unpaired) electrons. The Morgan fingerprint density at radius 1 is 0.435 bits per heavy atom. The van der Waals surface area contributed by atoms with Crippen molar-refractivity contribution in [3.63, 3.8) is 0 Å². The molecule has 6 nitrogen and oxygen atoms in total. The van der Waals surface area contributed by atoms with Gasteiger partial charge in [0.05, 0.1) is 25.4 Å². The van der Waals surface area contributed by atoms with Gasteiger partial charge in [0.1, 0.15) is 0 Å². The molecule has 2 atom stereocenters. The first-order chi connectivity index (χ1) is 30.5. The second-order valence-electron chi connectivity index (χ2n) is 19.3. The lowest BCUT2D eigenvalue weighted by Gasteiger charge is -2.20. The number of carbonyl (C=O) groups excluding carboxylic acids is 2. The molecule has 2 unspecified atom stereocenters. The van der Waals surface area contributed by atoms with E-state index in [-0.39, 0.29) is 18.5 Å². The molecule has 368 valence electrons. The first-order valence-electron chi connectivity index (χ1n) is 28.0. The maximum absolute atomic E-state index is 12.5. The monoisotopic (exact) mass is 876 g/mol. The molecule has 0 heterocycles. The van der Waals surface area contributed by atoms with E-state index < -0.39 is 12.1 Å². The third-order valence-corrected chi connectivity index (χ3v) is 13.1. The first kappa shape index (κ1) is 60.6. The van der Waals surface area contributed by atoms with Crippen LogP contribution >= 0.6 is 0 Å². The second-order valence-corrected chi connectivity index (χ2v) is 19.3. The molecular weight excluding hydrogens is 767 g/mol. The van der Waals surface area contributed by atoms with Crippen molar-refractivity contribution >= 4 is 11.9 Å². The molecule has 0 bridgehead atoms. The zero-order valence-electron chi connectivity index (χ0n) is 41.9. The van der Waals surface area contributed by atoms with E-state index in [0.717, 1.165) is 57.8 Å². The minimum absolute atomic E-state index is 0.0241. The van der Waals surface area contributed by atoms with Gasteiger partial charge in [-0.25, -0.2) is 0 Å². The molecule has 0 fully saturated rings. The maximum Gasteiger partial charge on any atom is 0.305 e. The lowest BCUT2D eigenvalue weighted by molar-refractivity contribution is -0.143. The van der Waals surface area contributed by atoms with Gasteiger partial charge in [-0.3, -0.25) is 9.59 Å². The number of nitrogens with one attached hydrogen (secondary N) is 1. The summed E-state index contributed by atoms with van der Waals surface area (Å²) in [5, 5.41) is 23.1. The number of esters is 1. The number of rotatable bonds is 52. The molecule has 0 aromatic carbocycles. The molecular formula is C56H109NO5. The average Bonchev–Trinajstić information content (AvgIpc) is 3.27. The molecule has 0 rings (SSSR count). The number of unbranched alkanes of at least 4 members (excludes halogenated alkanes) is 41. The highest BCUT2D eigenvalue weighted by molar-refractivity contribution is 5.76. The van der Waals surface area contributed by atoms with Crippen molar-refractivity contribution in [2.24, 2.45) is 0 Å². The largest absolute Gasteiger partial charge is 0.466 e. The van der Waals surface area contributed by atoms with E-state index in [1.165, 1.54) is 225 Å². The van der Waals surface area contributed by atoms with Crippen LogP contribution in [0.3, 0.4) is 0 Å². The Morgan fingerprint density at radius 2 is 0.742 bits per heavy atom. The molecule has 0 spiro atoms. The normalized spacial score (nSPS) is 12.6. The van der Waals surface area contributed by atoms with E-state index in [1.54, 1.807) is 6.08 Å². The Balaban J connectivity index is 3.50. The predicted molar refractivity (Wildman–Crippen MR) is 269 cm³/mol. The zero-order valence-corrected chi connectivity index (χ0v) is 41.9. The summed E-state index contributed by atoms with van der Waals surface area (Å²) in [5.41, 5.74) is 0. The number of hydrogen-bond donors (Lipinski definition) is 3. The summed E-state index contributed by atoms with van der Waals surface area (Å²) in [6.45, 7) is 4.86. The molecule has 6 heteroatoms. The van der Waals surface area contributed by atoms with E-state index in [4.69, 9.17) is 4.74 Å². The number of carbonyl (C=O) groups is 2. The molecule has 0 aliphatic carbocycles. The van der Waals surface area contributed by atoms with Gasteiger partial charge < -0.3 is 20.3 Å². The molecule has 0 aromatic rings. The second kappa shape index (κ2) is 52.2. The van der Waals surface area contributed by atoms with E-state index in [0.29, 0.717) is 19.4 Å². The molecule has 62 heavy (non-hydrogen) atoms. The van der Waals surface area contributed by atoms with E-state index in [1.807, 2.05) is 6.08 Å². The molecule has 3 N–H and O–H groups in total.